The summed E-state index contributed by atoms with van der Waals surface area (Å²) in [6.07, 6.45) is 2.20. The van der Waals surface area contributed by atoms with Gasteiger partial charge in [-0.05, 0) is 12.5 Å². The first-order valence-corrected chi connectivity index (χ1v) is 7.33. The predicted molar refractivity (Wildman–Crippen MR) is 79.1 cm³/mol. The van der Waals surface area contributed by atoms with Crippen LogP contribution < -0.4 is 15.5 Å². The summed E-state index contributed by atoms with van der Waals surface area (Å²) in [5.41, 5.74) is 0.498. The number of anilines is 1. The van der Waals surface area contributed by atoms with Gasteiger partial charge in [0.05, 0.1) is 12.1 Å². The molecule has 2 aromatic rings. The number of H-pyrrole nitrogens is 1. The van der Waals surface area contributed by atoms with Gasteiger partial charge >= 0.3 is 4.87 Å². The molecular weight excluding hydrogens is 295 g/mol. The van der Waals surface area contributed by atoms with Crippen molar-refractivity contribution in [2.45, 2.75) is 19.9 Å². The van der Waals surface area contributed by atoms with Gasteiger partial charge in [-0.1, -0.05) is 18.3 Å². The molecule has 0 radical (unpaired) electrons. The van der Waals surface area contributed by atoms with E-state index in [1.807, 2.05) is 6.92 Å². The van der Waals surface area contributed by atoms with E-state index >= 15 is 0 Å². The van der Waals surface area contributed by atoms with E-state index in [9.17, 15) is 14.0 Å². The molecule has 2 aromatic heterocycles. The quantitative estimate of drug-likeness (QED) is 0.758. The highest BCUT2D eigenvalue weighted by Gasteiger charge is 2.15. The van der Waals surface area contributed by atoms with Gasteiger partial charge in [-0.3, -0.25) is 9.59 Å². The molecule has 0 atom stereocenters. The summed E-state index contributed by atoms with van der Waals surface area (Å²) in [5, 5.41) is 6.99. The van der Waals surface area contributed by atoms with Crippen molar-refractivity contribution in [2.75, 3.05) is 11.9 Å². The first-order valence-electron chi connectivity index (χ1n) is 6.45. The van der Waals surface area contributed by atoms with Crippen LogP contribution in [0.1, 0.15) is 29.4 Å². The summed E-state index contributed by atoms with van der Waals surface area (Å²) in [6.45, 7) is 2.66. The molecule has 2 rings (SSSR count). The SMILES string of the molecule is CCCNc1nccc(C(=O)NCc2csc(=O)[nH]2)c1F. The average molecular weight is 310 g/mol. The molecule has 3 N–H and O–H groups in total. The minimum absolute atomic E-state index is 0.0634. The van der Waals surface area contributed by atoms with Gasteiger partial charge < -0.3 is 15.6 Å². The molecule has 0 aromatic carbocycles. The number of carbonyl (C=O) groups excluding carboxylic acids is 1. The summed E-state index contributed by atoms with van der Waals surface area (Å²) in [6, 6.07) is 1.32. The molecule has 0 fully saturated rings. The van der Waals surface area contributed by atoms with Crippen LogP contribution in [0.15, 0.2) is 22.4 Å². The number of pyridine rings is 1. The molecule has 0 saturated carbocycles. The van der Waals surface area contributed by atoms with E-state index in [1.54, 1.807) is 5.38 Å². The van der Waals surface area contributed by atoms with Crippen LogP contribution in [0.25, 0.3) is 0 Å². The fourth-order valence-corrected chi connectivity index (χ4v) is 2.24. The molecule has 21 heavy (non-hydrogen) atoms. The highest BCUT2D eigenvalue weighted by molar-refractivity contribution is 7.07. The Labute approximate surface area is 124 Å². The lowest BCUT2D eigenvalue weighted by atomic mass is 10.2. The van der Waals surface area contributed by atoms with Gasteiger partial charge in [-0.25, -0.2) is 9.37 Å². The summed E-state index contributed by atoms with van der Waals surface area (Å²) in [7, 11) is 0. The van der Waals surface area contributed by atoms with Gasteiger partial charge in [-0.2, -0.15) is 0 Å². The minimum atomic E-state index is -0.678. The standard InChI is InChI=1S/C13H15FN4O2S/c1-2-4-15-11-10(14)9(3-5-16-11)12(19)17-6-8-7-21-13(20)18-8/h3,5,7H,2,4,6H2,1H3,(H,15,16)(H,17,19)(H,18,20). The van der Waals surface area contributed by atoms with Crippen molar-refractivity contribution in [1.82, 2.24) is 15.3 Å². The molecule has 112 valence electrons. The maximum Gasteiger partial charge on any atom is 0.304 e. The van der Waals surface area contributed by atoms with Gasteiger partial charge in [-0.15, -0.1) is 0 Å². The maximum atomic E-state index is 14.1. The van der Waals surface area contributed by atoms with Crippen LogP contribution >= 0.6 is 11.3 Å². The van der Waals surface area contributed by atoms with E-state index in [0.29, 0.717) is 12.2 Å². The lowest BCUT2D eigenvalue weighted by Crippen LogP contribution is -2.25. The highest BCUT2D eigenvalue weighted by Crippen LogP contribution is 2.15. The van der Waals surface area contributed by atoms with Crippen LogP contribution in [-0.4, -0.2) is 22.4 Å². The van der Waals surface area contributed by atoms with E-state index in [2.05, 4.69) is 20.6 Å². The maximum absolute atomic E-state index is 14.1. The van der Waals surface area contributed by atoms with E-state index in [1.165, 1.54) is 12.3 Å². The van der Waals surface area contributed by atoms with E-state index in [0.717, 1.165) is 17.8 Å². The average Bonchev–Trinajstić information content (AvgIpc) is 2.89. The van der Waals surface area contributed by atoms with E-state index < -0.39 is 11.7 Å². The summed E-state index contributed by atoms with van der Waals surface area (Å²) in [5.74, 6) is -1.17. The van der Waals surface area contributed by atoms with Crippen molar-refractivity contribution < 1.29 is 9.18 Å². The Balaban J connectivity index is 2.06. The Kier molecular flexibility index (Phi) is 5.04. The number of thiazole rings is 1. The monoisotopic (exact) mass is 310 g/mol. The number of amides is 1. The van der Waals surface area contributed by atoms with Crippen molar-refractivity contribution >= 4 is 23.1 Å². The largest absolute Gasteiger partial charge is 0.368 e. The van der Waals surface area contributed by atoms with E-state index in [4.69, 9.17) is 0 Å². The van der Waals surface area contributed by atoms with Crippen molar-refractivity contribution in [3.05, 3.63) is 44.4 Å². The molecule has 0 aliphatic carbocycles. The second-order valence-electron chi connectivity index (χ2n) is 4.30. The van der Waals surface area contributed by atoms with Gasteiger partial charge in [0.15, 0.2) is 11.6 Å². The zero-order valence-corrected chi connectivity index (χ0v) is 12.2. The lowest BCUT2D eigenvalue weighted by Gasteiger charge is -2.09. The molecule has 0 bridgehead atoms. The molecule has 0 unspecified atom stereocenters. The van der Waals surface area contributed by atoms with Crippen molar-refractivity contribution in [2.24, 2.45) is 0 Å². The van der Waals surface area contributed by atoms with Gasteiger partial charge in [0, 0.05) is 23.8 Å². The van der Waals surface area contributed by atoms with Gasteiger partial charge in [0.1, 0.15) is 0 Å². The molecular formula is C13H15FN4O2S. The molecule has 8 heteroatoms. The third-order valence-corrected chi connectivity index (χ3v) is 3.41. The topological polar surface area (TPSA) is 86.9 Å². The number of nitrogens with one attached hydrogen (secondary N) is 3. The Morgan fingerprint density at radius 1 is 1.52 bits per heavy atom. The Hall–Kier alpha value is -2.22. The van der Waals surface area contributed by atoms with Crippen LogP contribution in [0.5, 0.6) is 0 Å². The molecule has 0 aliphatic rings. The smallest absolute Gasteiger partial charge is 0.304 e. The molecule has 1 amide bonds. The van der Waals surface area contributed by atoms with E-state index in [-0.39, 0.29) is 22.8 Å². The van der Waals surface area contributed by atoms with Crippen LogP contribution in [-0.2, 0) is 6.54 Å². The number of aromatic nitrogens is 2. The Bertz CT molecular complexity index is 683. The normalized spacial score (nSPS) is 10.4. The molecule has 6 nitrogen and oxygen atoms in total. The second-order valence-corrected chi connectivity index (χ2v) is 5.15. The van der Waals surface area contributed by atoms with Crippen LogP contribution in [0.3, 0.4) is 0 Å². The lowest BCUT2D eigenvalue weighted by molar-refractivity contribution is 0.0946. The van der Waals surface area contributed by atoms with Crippen molar-refractivity contribution in [1.29, 1.82) is 0 Å². The van der Waals surface area contributed by atoms with Crippen molar-refractivity contribution in [3.63, 3.8) is 0 Å². The molecule has 0 saturated heterocycles. The number of nitrogens with zero attached hydrogens (tertiary/aromatic N) is 1. The van der Waals surface area contributed by atoms with Gasteiger partial charge in [0.25, 0.3) is 5.91 Å². The summed E-state index contributed by atoms with van der Waals surface area (Å²) in [4.78, 5) is 29.2. The zero-order valence-electron chi connectivity index (χ0n) is 11.4. The number of halogens is 1. The van der Waals surface area contributed by atoms with Gasteiger partial charge in [0.2, 0.25) is 0 Å². The Morgan fingerprint density at radius 2 is 2.33 bits per heavy atom. The second kappa shape index (κ2) is 6.98. The van der Waals surface area contributed by atoms with Crippen molar-refractivity contribution in [3.8, 4) is 0 Å². The third-order valence-electron chi connectivity index (χ3n) is 2.69. The number of hydrogen-bond donors (Lipinski definition) is 3. The number of carbonyl (C=O) groups is 1. The fraction of sp³-hybridized carbons (Fsp3) is 0.308. The summed E-state index contributed by atoms with van der Waals surface area (Å²) < 4.78 is 14.1. The first kappa shape index (κ1) is 15.2. The molecule has 0 aliphatic heterocycles. The predicted octanol–water partition coefficient (Wildman–Crippen LogP) is 1.72. The fourth-order valence-electron chi connectivity index (χ4n) is 1.66. The Morgan fingerprint density at radius 3 is 3.00 bits per heavy atom. The molecule has 0 spiro atoms. The van der Waals surface area contributed by atoms with Crippen LogP contribution in [0.2, 0.25) is 0 Å². The number of aromatic amines is 1. The van der Waals surface area contributed by atoms with Crippen LogP contribution in [0, 0.1) is 5.82 Å². The first-order chi connectivity index (χ1) is 10.1. The molecule has 2 heterocycles. The van der Waals surface area contributed by atoms with Crippen LogP contribution in [0.4, 0.5) is 10.2 Å². The minimum Gasteiger partial charge on any atom is -0.368 e. The number of hydrogen-bond acceptors (Lipinski definition) is 5. The zero-order chi connectivity index (χ0) is 15.2. The number of rotatable bonds is 6. The third kappa shape index (κ3) is 3.88. The summed E-state index contributed by atoms with van der Waals surface area (Å²) >= 11 is 1.01. The highest BCUT2D eigenvalue weighted by atomic mass is 32.1.